The summed E-state index contributed by atoms with van der Waals surface area (Å²) in [6.45, 7) is 9.39. The third-order valence-electron chi connectivity index (χ3n) is 5.92. The highest BCUT2D eigenvalue weighted by atomic mass is 15.4. The van der Waals surface area contributed by atoms with Gasteiger partial charge in [0.15, 0.2) is 5.65 Å². The molecule has 0 aliphatic carbocycles. The summed E-state index contributed by atoms with van der Waals surface area (Å²) in [5.74, 6) is 1.12. The van der Waals surface area contributed by atoms with Gasteiger partial charge in [0.25, 0.3) is 0 Å². The first kappa shape index (κ1) is 18.7. The number of hydrogen-bond donors (Lipinski definition) is 0. The molecule has 152 valence electrons. The van der Waals surface area contributed by atoms with Crippen LogP contribution in [0.2, 0.25) is 0 Å². The molecule has 1 aliphatic heterocycles. The van der Waals surface area contributed by atoms with Crippen LogP contribution in [0.3, 0.4) is 0 Å². The molecule has 0 radical (unpaired) electrons. The van der Waals surface area contributed by atoms with Crippen LogP contribution in [0.1, 0.15) is 18.2 Å². The monoisotopic (exact) mass is 397 g/mol. The molecule has 0 spiro atoms. The summed E-state index contributed by atoms with van der Waals surface area (Å²) in [6, 6.07) is 23.8. The van der Waals surface area contributed by atoms with Gasteiger partial charge in [0.2, 0.25) is 0 Å². The normalized spacial score (nSPS) is 17.0. The average Bonchev–Trinajstić information content (AvgIpc) is 3.18. The molecule has 1 fully saturated rings. The van der Waals surface area contributed by atoms with Gasteiger partial charge in [-0.15, -0.1) is 0 Å². The molecule has 4 aromatic rings. The van der Waals surface area contributed by atoms with Crippen LogP contribution in [0.4, 0.5) is 11.5 Å². The Morgan fingerprint density at radius 1 is 0.900 bits per heavy atom. The number of nitrogens with zero attached hydrogens (tertiary/aromatic N) is 5. The number of benzene rings is 2. The molecule has 1 atom stereocenters. The number of hydrogen-bond acceptors (Lipinski definition) is 4. The summed E-state index contributed by atoms with van der Waals surface area (Å²) >= 11 is 0. The minimum Gasteiger partial charge on any atom is -0.365 e. The van der Waals surface area contributed by atoms with Crippen molar-refractivity contribution in [2.75, 3.05) is 29.4 Å². The highest BCUT2D eigenvalue weighted by Crippen LogP contribution is 2.27. The fraction of sp³-hybridized carbons (Fsp3) is 0.280. The molecule has 30 heavy (non-hydrogen) atoms. The fourth-order valence-electron chi connectivity index (χ4n) is 4.34. The zero-order valence-electron chi connectivity index (χ0n) is 17.8. The molecule has 5 heteroatoms. The molecular formula is C25H27N5. The maximum Gasteiger partial charge on any atom is 0.158 e. The highest BCUT2D eigenvalue weighted by molar-refractivity contribution is 5.66. The predicted molar refractivity (Wildman–Crippen MR) is 123 cm³/mol. The molecule has 2 aromatic carbocycles. The molecule has 0 N–H and O–H groups in total. The van der Waals surface area contributed by atoms with Gasteiger partial charge in [0, 0.05) is 54.8 Å². The first-order valence-electron chi connectivity index (χ1n) is 10.6. The Hall–Kier alpha value is -3.34. The number of aryl methyl sites for hydroxylation is 2. The first-order valence-corrected chi connectivity index (χ1v) is 10.6. The highest BCUT2D eigenvalue weighted by Gasteiger charge is 2.26. The molecule has 0 bridgehead atoms. The number of rotatable bonds is 3. The Morgan fingerprint density at radius 3 is 2.40 bits per heavy atom. The van der Waals surface area contributed by atoms with Crippen molar-refractivity contribution in [3.63, 3.8) is 0 Å². The average molecular weight is 398 g/mol. The third-order valence-corrected chi connectivity index (χ3v) is 5.92. The van der Waals surface area contributed by atoms with Crippen LogP contribution in [-0.2, 0) is 0 Å². The van der Waals surface area contributed by atoms with Gasteiger partial charge in [-0.1, -0.05) is 48.0 Å². The molecule has 0 unspecified atom stereocenters. The Balaban J connectivity index is 1.46. The molecule has 5 nitrogen and oxygen atoms in total. The van der Waals surface area contributed by atoms with Crippen molar-refractivity contribution in [3.05, 3.63) is 78.0 Å². The van der Waals surface area contributed by atoms with Crippen LogP contribution in [0.25, 0.3) is 16.9 Å². The minimum absolute atomic E-state index is 0.411. The Kier molecular flexibility index (Phi) is 4.66. The van der Waals surface area contributed by atoms with Crippen LogP contribution >= 0.6 is 0 Å². The number of fused-ring (bicyclic) bond motifs is 1. The Labute approximate surface area is 177 Å². The van der Waals surface area contributed by atoms with Gasteiger partial charge in [0.05, 0.1) is 5.69 Å². The van der Waals surface area contributed by atoms with Gasteiger partial charge < -0.3 is 9.80 Å². The van der Waals surface area contributed by atoms with E-state index in [1.54, 1.807) is 0 Å². The summed E-state index contributed by atoms with van der Waals surface area (Å²) < 4.78 is 2.00. The van der Waals surface area contributed by atoms with Crippen LogP contribution in [0.15, 0.2) is 66.7 Å². The van der Waals surface area contributed by atoms with Crippen molar-refractivity contribution in [1.82, 2.24) is 14.6 Å². The van der Waals surface area contributed by atoms with Crippen molar-refractivity contribution in [3.8, 4) is 11.3 Å². The van der Waals surface area contributed by atoms with E-state index in [2.05, 4.69) is 79.1 Å². The fourth-order valence-corrected chi connectivity index (χ4v) is 4.34. The second kappa shape index (κ2) is 7.48. The second-order valence-corrected chi connectivity index (χ2v) is 8.25. The van der Waals surface area contributed by atoms with E-state index in [1.165, 1.54) is 11.3 Å². The summed E-state index contributed by atoms with van der Waals surface area (Å²) in [6.07, 6.45) is 0. The summed E-state index contributed by atoms with van der Waals surface area (Å²) in [5.41, 5.74) is 6.59. The molecule has 5 rings (SSSR count). The van der Waals surface area contributed by atoms with Gasteiger partial charge in [-0.05, 0) is 32.9 Å². The van der Waals surface area contributed by atoms with Crippen molar-refractivity contribution >= 4 is 17.2 Å². The maximum atomic E-state index is 4.91. The quantitative estimate of drug-likeness (QED) is 0.501. The van der Waals surface area contributed by atoms with E-state index in [-0.39, 0.29) is 0 Å². The predicted octanol–water partition coefficient (Wildman–Crippen LogP) is 4.73. The Morgan fingerprint density at radius 2 is 1.67 bits per heavy atom. The lowest BCUT2D eigenvalue weighted by Gasteiger charge is -2.42. The van der Waals surface area contributed by atoms with Gasteiger partial charge in [-0.3, -0.25) is 0 Å². The Bertz CT molecular complexity index is 1160. The standard InChI is InChI=1S/C25H27N5/c1-18-9-11-22(12-10-18)29-14-13-28(17-20(29)3)25-15-19(2)26-24-16-23(27-30(24)25)21-7-5-4-6-8-21/h4-12,15-16,20H,13-14,17H2,1-3H3/t20-/m1/s1. The minimum atomic E-state index is 0.411. The van der Waals surface area contributed by atoms with E-state index < -0.39 is 0 Å². The van der Waals surface area contributed by atoms with E-state index in [1.807, 2.05) is 22.7 Å². The maximum absolute atomic E-state index is 4.91. The smallest absolute Gasteiger partial charge is 0.158 e. The molecule has 1 saturated heterocycles. The van der Waals surface area contributed by atoms with Gasteiger partial charge in [0.1, 0.15) is 5.82 Å². The van der Waals surface area contributed by atoms with Crippen LogP contribution in [0.5, 0.6) is 0 Å². The zero-order chi connectivity index (χ0) is 20.7. The number of piperazine rings is 1. The number of anilines is 2. The van der Waals surface area contributed by atoms with Crippen LogP contribution in [0, 0.1) is 13.8 Å². The largest absolute Gasteiger partial charge is 0.365 e. The van der Waals surface area contributed by atoms with Crippen molar-refractivity contribution in [2.24, 2.45) is 0 Å². The van der Waals surface area contributed by atoms with Crippen LogP contribution in [-0.4, -0.2) is 40.3 Å². The molecule has 1 aliphatic rings. The summed E-state index contributed by atoms with van der Waals surface area (Å²) in [7, 11) is 0. The molecule has 2 aromatic heterocycles. The molecule has 3 heterocycles. The van der Waals surface area contributed by atoms with Crippen molar-refractivity contribution in [1.29, 1.82) is 0 Å². The molecular weight excluding hydrogens is 370 g/mol. The SMILES string of the molecule is Cc1ccc(N2CCN(c3cc(C)nc4cc(-c5ccccc5)nn34)C[C@H]2C)cc1. The topological polar surface area (TPSA) is 36.7 Å². The first-order chi connectivity index (χ1) is 14.6. The lowest BCUT2D eigenvalue weighted by atomic mass is 10.1. The molecule has 0 amide bonds. The third kappa shape index (κ3) is 3.41. The molecule has 0 saturated carbocycles. The number of aromatic nitrogens is 3. The van der Waals surface area contributed by atoms with E-state index >= 15 is 0 Å². The van der Waals surface area contributed by atoms with E-state index in [4.69, 9.17) is 10.1 Å². The van der Waals surface area contributed by atoms with E-state index in [0.717, 1.165) is 48.1 Å². The van der Waals surface area contributed by atoms with Gasteiger partial charge in [-0.2, -0.15) is 9.61 Å². The lowest BCUT2D eigenvalue weighted by molar-refractivity contribution is 0.543. The van der Waals surface area contributed by atoms with Crippen molar-refractivity contribution < 1.29 is 0 Å². The van der Waals surface area contributed by atoms with Gasteiger partial charge in [-0.25, -0.2) is 4.98 Å². The van der Waals surface area contributed by atoms with E-state index in [0.29, 0.717) is 6.04 Å². The lowest BCUT2D eigenvalue weighted by Crippen LogP contribution is -2.52. The second-order valence-electron chi connectivity index (χ2n) is 8.25. The summed E-state index contributed by atoms with van der Waals surface area (Å²) in [4.78, 5) is 9.67. The van der Waals surface area contributed by atoms with Gasteiger partial charge >= 0.3 is 0 Å². The van der Waals surface area contributed by atoms with Crippen molar-refractivity contribution in [2.45, 2.75) is 26.8 Å². The zero-order valence-corrected chi connectivity index (χ0v) is 17.8. The van der Waals surface area contributed by atoms with E-state index in [9.17, 15) is 0 Å². The van der Waals surface area contributed by atoms with Crippen LogP contribution < -0.4 is 9.80 Å². The summed E-state index contributed by atoms with van der Waals surface area (Å²) in [5, 5.41) is 4.91.